The number of hydrogen-bond acceptors (Lipinski definition) is 5. The Kier molecular flexibility index (Phi) is 4.34. The molecule has 0 unspecified atom stereocenters. The van der Waals surface area contributed by atoms with E-state index in [1.54, 1.807) is 12.1 Å². The lowest BCUT2D eigenvalue weighted by Crippen LogP contribution is -2.11. The molecular formula is C19H15F3N6. The average Bonchev–Trinajstić information content (AvgIpc) is 3.10. The topological polar surface area (TPSA) is 81.1 Å². The molecular weight excluding hydrogens is 369 g/mol. The van der Waals surface area contributed by atoms with Gasteiger partial charge < -0.3 is 11.1 Å². The summed E-state index contributed by atoms with van der Waals surface area (Å²) in [7, 11) is 0. The van der Waals surface area contributed by atoms with Gasteiger partial charge in [-0.15, -0.1) is 0 Å². The number of nitrogens with two attached hydrogens (primary N) is 1. The molecule has 0 aliphatic carbocycles. The molecule has 0 fully saturated rings. The molecule has 6 nitrogen and oxygen atoms in total. The molecule has 0 aliphatic rings. The number of nitrogens with zero attached hydrogens (tertiary/aromatic N) is 4. The summed E-state index contributed by atoms with van der Waals surface area (Å²) in [6.45, 7) is 0.121. The number of rotatable bonds is 4. The van der Waals surface area contributed by atoms with Gasteiger partial charge in [0.1, 0.15) is 0 Å². The third kappa shape index (κ3) is 3.59. The summed E-state index contributed by atoms with van der Waals surface area (Å²) in [5, 5.41) is 7.48. The number of alkyl halides is 3. The molecule has 9 heteroatoms. The fourth-order valence-electron chi connectivity index (χ4n) is 2.81. The molecule has 2 aromatic heterocycles. The molecule has 4 aromatic rings. The van der Waals surface area contributed by atoms with E-state index in [4.69, 9.17) is 5.73 Å². The molecule has 4 rings (SSSR count). The maximum Gasteiger partial charge on any atom is 0.416 e. The molecule has 0 saturated heterocycles. The largest absolute Gasteiger partial charge is 0.416 e. The Morgan fingerprint density at radius 3 is 2.50 bits per heavy atom. The first-order chi connectivity index (χ1) is 13.4. The van der Waals surface area contributed by atoms with Crippen molar-refractivity contribution in [2.24, 2.45) is 0 Å². The van der Waals surface area contributed by atoms with Crippen molar-refractivity contribution < 1.29 is 13.2 Å². The highest BCUT2D eigenvalue weighted by atomic mass is 19.4. The summed E-state index contributed by atoms with van der Waals surface area (Å²) < 4.78 is 40.1. The molecule has 0 aliphatic heterocycles. The van der Waals surface area contributed by atoms with E-state index in [9.17, 15) is 13.2 Å². The van der Waals surface area contributed by atoms with Crippen molar-refractivity contribution in [1.29, 1.82) is 0 Å². The van der Waals surface area contributed by atoms with Crippen LogP contribution in [-0.2, 0) is 12.7 Å². The molecule has 0 spiro atoms. The highest BCUT2D eigenvalue weighted by Crippen LogP contribution is 2.29. The molecule has 0 atom stereocenters. The number of fused-ring (bicyclic) bond motifs is 1. The first kappa shape index (κ1) is 17.8. The summed E-state index contributed by atoms with van der Waals surface area (Å²) in [5.74, 6) is 0.334. The van der Waals surface area contributed by atoms with Crippen LogP contribution in [0.5, 0.6) is 0 Å². The van der Waals surface area contributed by atoms with Crippen LogP contribution in [-0.4, -0.2) is 19.6 Å². The number of nitrogen functional groups attached to an aromatic ring is 1. The van der Waals surface area contributed by atoms with Crippen LogP contribution >= 0.6 is 0 Å². The Morgan fingerprint density at radius 1 is 0.964 bits per heavy atom. The van der Waals surface area contributed by atoms with Crippen LogP contribution in [0.4, 0.5) is 25.1 Å². The fraction of sp³-hybridized carbons (Fsp3) is 0.105. The van der Waals surface area contributed by atoms with Gasteiger partial charge in [-0.25, -0.2) is 0 Å². The van der Waals surface area contributed by atoms with E-state index in [-0.39, 0.29) is 12.5 Å². The third-order valence-electron chi connectivity index (χ3n) is 4.12. The predicted octanol–water partition coefficient (Wildman–Crippen LogP) is 4.00. The molecule has 0 bridgehead atoms. The van der Waals surface area contributed by atoms with Crippen molar-refractivity contribution in [3.05, 3.63) is 71.8 Å². The maximum atomic E-state index is 12.9. The Morgan fingerprint density at radius 2 is 1.75 bits per heavy atom. The Hall–Kier alpha value is -3.62. The van der Waals surface area contributed by atoms with Crippen molar-refractivity contribution in [2.45, 2.75) is 12.7 Å². The van der Waals surface area contributed by atoms with Crippen LogP contribution in [0.25, 0.3) is 16.9 Å². The Balaban J connectivity index is 1.65. The monoisotopic (exact) mass is 384 g/mol. The van der Waals surface area contributed by atoms with E-state index in [0.29, 0.717) is 22.9 Å². The highest BCUT2D eigenvalue weighted by Gasteiger charge is 2.30. The van der Waals surface area contributed by atoms with Gasteiger partial charge in [-0.3, -0.25) is 0 Å². The minimum absolute atomic E-state index is 0.0403. The van der Waals surface area contributed by atoms with Crippen molar-refractivity contribution in [3.8, 4) is 11.3 Å². The summed E-state index contributed by atoms with van der Waals surface area (Å²) >= 11 is 0. The molecule has 0 radical (unpaired) electrons. The van der Waals surface area contributed by atoms with Gasteiger partial charge in [-0.1, -0.05) is 42.5 Å². The van der Waals surface area contributed by atoms with Crippen molar-refractivity contribution >= 4 is 17.5 Å². The minimum Gasteiger partial charge on any atom is -0.368 e. The van der Waals surface area contributed by atoms with E-state index in [1.165, 1.54) is 10.6 Å². The second-order valence-corrected chi connectivity index (χ2v) is 6.12. The quantitative estimate of drug-likeness (QED) is 0.556. The van der Waals surface area contributed by atoms with Crippen molar-refractivity contribution in [2.75, 3.05) is 11.1 Å². The number of halogens is 3. The molecule has 0 saturated carbocycles. The number of aromatic nitrogens is 4. The second kappa shape index (κ2) is 6.84. The lowest BCUT2D eigenvalue weighted by atomic mass is 10.1. The zero-order chi connectivity index (χ0) is 19.7. The smallest absolute Gasteiger partial charge is 0.368 e. The van der Waals surface area contributed by atoms with Crippen LogP contribution in [0.3, 0.4) is 0 Å². The van der Waals surface area contributed by atoms with Gasteiger partial charge >= 0.3 is 6.18 Å². The average molecular weight is 384 g/mol. The van der Waals surface area contributed by atoms with Gasteiger partial charge in [0.15, 0.2) is 5.65 Å². The SMILES string of the molecule is Nc1nc(NCc2cccc(C(F)(F)F)c2)n2nc(-c3ccccc3)cc2n1. The maximum absolute atomic E-state index is 12.9. The second-order valence-electron chi connectivity index (χ2n) is 6.12. The highest BCUT2D eigenvalue weighted by molar-refractivity contribution is 5.65. The zero-order valence-corrected chi connectivity index (χ0v) is 14.5. The van der Waals surface area contributed by atoms with Gasteiger partial charge in [-0.05, 0) is 17.7 Å². The molecule has 2 aromatic carbocycles. The number of anilines is 2. The van der Waals surface area contributed by atoms with Crippen LogP contribution < -0.4 is 11.1 Å². The summed E-state index contributed by atoms with van der Waals surface area (Å²) in [6, 6.07) is 16.4. The summed E-state index contributed by atoms with van der Waals surface area (Å²) in [5.41, 5.74) is 7.59. The molecule has 142 valence electrons. The fourth-order valence-corrected chi connectivity index (χ4v) is 2.81. The van der Waals surface area contributed by atoms with E-state index < -0.39 is 11.7 Å². The third-order valence-corrected chi connectivity index (χ3v) is 4.12. The molecule has 28 heavy (non-hydrogen) atoms. The first-order valence-electron chi connectivity index (χ1n) is 8.39. The first-order valence-corrected chi connectivity index (χ1v) is 8.39. The number of nitrogens with one attached hydrogen (secondary N) is 1. The standard InChI is InChI=1S/C19H15F3N6/c20-19(21,22)14-8-4-5-12(9-14)11-24-18-26-17(23)25-16-10-15(27-28(16)18)13-6-2-1-3-7-13/h1-10H,11H2,(H3,23,24,25,26). The van der Waals surface area contributed by atoms with Crippen LogP contribution in [0.15, 0.2) is 60.7 Å². The number of benzene rings is 2. The van der Waals surface area contributed by atoms with E-state index in [1.807, 2.05) is 30.3 Å². The van der Waals surface area contributed by atoms with Crippen molar-refractivity contribution in [1.82, 2.24) is 19.6 Å². The van der Waals surface area contributed by atoms with Crippen LogP contribution in [0.2, 0.25) is 0 Å². The van der Waals surface area contributed by atoms with Gasteiger partial charge in [-0.2, -0.15) is 32.8 Å². The Bertz CT molecular complexity index is 1120. The molecule has 0 amide bonds. The van der Waals surface area contributed by atoms with Gasteiger partial charge in [0.25, 0.3) is 0 Å². The van der Waals surface area contributed by atoms with Crippen molar-refractivity contribution in [3.63, 3.8) is 0 Å². The molecule has 3 N–H and O–H groups in total. The van der Waals surface area contributed by atoms with Gasteiger partial charge in [0, 0.05) is 18.2 Å². The normalized spacial score (nSPS) is 11.7. The van der Waals surface area contributed by atoms with E-state index in [0.717, 1.165) is 17.7 Å². The zero-order valence-electron chi connectivity index (χ0n) is 14.5. The summed E-state index contributed by atoms with van der Waals surface area (Å²) in [6.07, 6.45) is -4.39. The number of hydrogen-bond donors (Lipinski definition) is 2. The lowest BCUT2D eigenvalue weighted by Gasteiger charge is -2.10. The van der Waals surface area contributed by atoms with Crippen LogP contribution in [0, 0.1) is 0 Å². The molecule has 2 heterocycles. The van der Waals surface area contributed by atoms with Gasteiger partial charge in [0.2, 0.25) is 11.9 Å². The predicted molar refractivity (Wildman–Crippen MR) is 99.4 cm³/mol. The van der Waals surface area contributed by atoms with E-state index in [2.05, 4.69) is 20.4 Å². The van der Waals surface area contributed by atoms with Crippen LogP contribution in [0.1, 0.15) is 11.1 Å². The summed E-state index contributed by atoms with van der Waals surface area (Å²) in [4.78, 5) is 8.29. The van der Waals surface area contributed by atoms with Gasteiger partial charge in [0.05, 0.1) is 11.3 Å². The Labute approximate surface area is 157 Å². The lowest BCUT2D eigenvalue weighted by molar-refractivity contribution is -0.137. The minimum atomic E-state index is -4.39. The van der Waals surface area contributed by atoms with E-state index >= 15 is 0 Å².